The molecular formula is C132H84N12. The molecule has 0 N–H and O–H groups in total. The molecule has 30 rings (SSSR count). The summed E-state index contributed by atoms with van der Waals surface area (Å²) in [5, 5.41) is 23.8. The molecule has 0 aliphatic rings. The van der Waals surface area contributed by atoms with Gasteiger partial charge in [-0.3, -0.25) is 19.9 Å². The number of anilines is 12. The standard InChI is InChI=1S/C70H44N6.C62H40N6/c1-5-21-51(22-6-1)73(55-33-29-45-17-13-15-19-47(45)37-55)57-41-63-69(71-43-57)67-59-35-31-50-40-62-68(60-36-32-49(65(59)66(50)60)39-61(67)75(63)53-25-9-3-10-26-53)70-64(76(62)54-27-11-4-12-28-54)42-58(44-72-70)74(52-23-7-2-8-24-52)56-34-30-46-18-14-16-20-48(46)38-56;1-5-15-43(16-6-1)65(44-17-7-2-8-18-44)47-27-31-49(32-28-47)67-53-23-13-37-63-61(53)59-51-35-26-42-40-56-60(52-36-25-41(39-55(59)67)57(51)58(42)52)62-54(24-14-38-64-62)68(56)50-33-29-48(30-34-50)66(45-19-9-3-10-20-45)46-21-11-4-12-22-46/h1-44H;1-40H. The van der Waals surface area contributed by atoms with Crippen molar-refractivity contribution in [2.24, 2.45) is 0 Å². The second kappa shape index (κ2) is 33.1. The number of para-hydroxylation sites is 8. The number of rotatable bonds is 16. The molecule has 0 bridgehead atoms. The molecular weight excluding hydrogens is 1750 g/mol. The Morgan fingerprint density at radius 1 is 0.139 bits per heavy atom. The van der Waals surface area contributed by atoms with E-state index < -0.39 is 0 Å². The van der Waals surface area contributed by atoms with E-state index in [0.717, 1.165) is 179 Å². The van der Waals surface area contributed by atoms with Crippen LogP contribution in [0.5, 0.6) is 0 Å². The van der Waals surface area contributed by atoms with E-state index in [1.54, 1.807) is 0 Å². The number of hydrogen-bond acceptors (Lipinski definition) is 8. The van der Waals surface area contributed by atoms with Crippen LogP contribution in [0.1, 0.15) is 0 Å². The van der Waals surface area contributed by atoms with Gasteiger partial charge in [-0.2, -0.15) is 0 Å². The second-order valence-electron chi connectivity index (χ2n) is 37.3. The summed E-state index contributed by atoms with van der Waals surface area (Å²) in [5.74, 6) is 0. The lowest BCUT2D eigenvalue weighted by atomic mass is 9.91. The van der Waals surface area contributed by atoms with Crippen LogP contribution in [-0.2, 0) is 0 Å². The van der Waals surface area contributed by atoms with E-state index in [4.69, 9.17) is 19.9 Å². The minimum absolute atomic E-state index is 0.960. The maximum absolute atomic E-state index is 5.50. The molecule has 0 fully saturated rings. The molecule has 12 heteroatoms. The van der Waals surface area contributed by atoms with Gasteiger partial charge < -0.3 is 37.9 Å². The van der Waals surface area contributed by atoms with Crippen LogP contribution in [0, 0.1) is 0 Å². The van der Waals surface area contributed by atoms with Crippen LogP contribution in [0.15, 0.2) is 510 Å². The van der Waals surface area contributed by atoms with Gasteiger partial charge in [-0.05, 0) is 317 Å². The van der Waals surface area contributed by atoms with Gasteiger partial charge in [-0.15, -0.1) is 0 Å². The number of nitrogens with zero attached hydrogens (tertiary/aromatic N) is 12. The first-order chi connectivity index (χ1) is 71.5. The van der Waals surface area contributed by atoms with Gasteiger partial charge >= 0.3 is 0 Å². The van der Waals surface area contributed by atoms with Gasteiger partial charge in [0.25, 0.3) is 0 Å². The van der Waals surface area contributed by atoms with Gasteiger partial charge in [-0.25, -0.2) is 0 Å². The highest BCUT2D eigenvalue weighted by molar-refractivity contribution is 6.39. The van der Waals surface area contributed by atoms with Crippen molar-refractivity contribution in [2.45, 2.75) is 0 Å². The average Bonchev–Trinajstić information content (AvgIpc) is 1.05. The van der Waals surface area contributed by atoms with E-state index in [0.29, 0.717) is 0 Å². The van der Waals surface area contributed by atoms with Crippen LogP contribution < -0.4 is 19.6 Å². The van der Waals surface area contributed by atoms with Crippen molar-refractivity contribution < 1.29 is 0 Å². The van der Waals surface area contributed by atoms with Crippen molar-refractivity contribution in [2.75, 3.05) is 19.6 Å². The third-order valence-electron chi connectivity index (χ3n) is 29.2. The van der Waals surface area contributed by atoms with Gasteiger partial charge in [0, 0.05) is 114 Å². The summed E-state index contributed by atoms with van der Waals surface area (Å²) in [6, 6.07) is 174. The highest BCUT2D eigenvalue weighted by atomic mass is 15.2. The first kappa shape index (κ1) is 81.6. The molecule has 8 aromatic heterocycles. The zero-order valence-corrected chi connectivity index (χ0v) is 77.9. The van der Waals surface area contributed by atoms with E-state index >= 15 is 0 Å². The smallest absolute Gasteiger partial charge is 0.0971 e. The number of pyridine rings is 4. The molecule has 0 saturated heterocycles. The van der Waals surface area contributed by atoms with Crippen molar-refractivity contribution in [1.82, 2.24) is 38.2 Å². The molecule has 30 aromatic rings. The fourth-order valence-electron chi connectivity index (χ4n) is 23.1. The molecule has 8 heterocycles. The topological polar surface area (TPSA) is 84.2 Å². The minimum atomic E-state index is 0.960. The zero-order valence-electron chi connectivity index (χ0n) is 77.9. The summed E-state index contributed by atoms with van der Waals surface area (Å²) >= 11 is 0. The number of benzene rings is 22. The Hall–Kier alpha value is -19.6. The molecule has 0 atom stereocenters. The van der Waals surface area contributed by atoms with Gasteiger partial charge in [0.05, 0.1) is 90.0 Å². The van der Waals surface area contributed by atoms with Crippen LogP contribution >= 0.6 is 0 Å². The first-order valence-electron chi connectivity index (χ1n) is 48.9. The van der Waals surface area contributed by atoms with Gasteiger partial charge in [0.2, 0.25) is 0 Å². The van der Waals surface area contributed by atoms with E-state index in [1.807, 2.05) is 24.5 Å². The lowest BCUT2D eigenvalue weighted by Crippen LogP contribution is -2.10. The Morgan fingerprint density at radius 3 is 0.681 bits per heavy atom. The van der Waals surface area contributed by atoms with Crippen LogP contribution in [0.4, 0.5) is 68.2 Å². The normalized spacial score (nSPS) is 11.9. The maximum Gasteiger partial charge on any atom is 0.0971 e. The lowest BCUT2D eigenvalue weighted by Gasteiger charge is -2.25. The molecule has 22 aromatic carbocycles. The van der Waals surface area contributed by atoms with E-state index in [1.165, 1.54) is 86.2 Å². The van der Waals surface area contributed by atoms with Crippen molar-refractivity contribution >= 4 is 242 Å². The fourth-order valence-corrected chi connectivity index (χ4v) is 23.1. The molecule has 0 unspecified atom stereocenters. The molecule has 672 valence electrons. The molecule has 0 spiro atoms. The summed E-state index contributed by atoms with van der Waals surface area (Å²) in [4.78, 5) is 30.4. The zero-order chi connectivity index (χ0) is 94.6. The number of hydrogen-bond donors (Lipinski definition) is 0. The quantitative estimate of drug-likeness (QED) is 0.0885. The predicted octanol–water partition coefficient (Wildman–Crippen LogP) is 35.3. The van der Waals surface area contributed by atoms with Crippen molar-refractivity contribution in [1.29, 1.82) is 0 Å². The summed E-state index contributed by atoms with van der Waals surface area (Å²) in [5.41, 5.74) is 29.8. The predicted molar refractivity (Wildman–Crippen MR) is 603 cm³/mol. The van der Waals surface area contributed by atoms with Gasteiger partial charge in [0.1, 0.15) is 0 Å². The molecule has 0 saturated carbocycles. The summed E-state index contributed by atoms with van der Waals surface area (Å²) in [7, 11) is 0. The number of aromatic nitrogens is 8. The first-order valence-corrected chi connectivity index (χ1v) is 48.9. The van der Waals surface area contributed by atoms with Gasteiger partial charge in [-0.1, -0.05) is 255 Å². The van der Waals surface area contributed by atoms with Crippen LogP contribution in [0.25, 0.3) is 197 Å². The molecule has 0 amide bonds. The Bertz CT molecular complexity index is 9600. The van der Waals surface area contributed by atoms with E-state index in [9.17, 15) is 0 Å². The second-order valence-corrected chi connectivity index (χ2v) is 37.3. The van der Waals surface area contributed by atoms with Crippen molar-refractivity contribution in [3.8, 4) is 22.7 Å². The molecule has 0 aliphatic heterocycles. The summed E-state index contributed by atoms with van der Waals surface area (Å²) in [6.07, 6.45) is 7.95. The fraction of sp³-hybridized carbons (Fsp3) is 0. The number of fused-ring (bicyclic) bond motifs is 18. The lowest BCUT2D eigenvalue weighted by molar-refractivity contribution is 1.17. The molecule has 144 heavy (non-hydrogen) atoms. The third kappa shape index (κ3) is 13.0. The van der Waals surface area contributed by atoms with Crippen LogP contribution in [0.2, 0.25) is 0 Å². The largest absolute Gasteiger partial charge is 0.311 e. The highest BCUT2D eigenvalue weighted by Gasteiger charge is 2.30. The monoisotopic (exact) mass is 1840 g/mol. The Kier molecular flexibility index (Phi) is 18.8. The maximum atomic E-state index is 5.50. The Balaban J connectivity index is 0.000000138. The Morgan fingerprint density at radius 2 is 0.375 bits per heavy atom. The SMILES string of the molecule is c1ccc(N(c2ccc3ccccc3c2)c2cnc3c4c5ccc6cc7c(c8ccc(cc4n(-c4ccccc4)c3c2)c5c68)c2ncc(N(c3ccccc3)c3ccc4ccccc4c3)cc2n7-c2ccccc2)cc1.c1ccc(N(c2ccccc2)c2ccc(-n3c4cccnc4c4c5ccc6cc7c(c8ccc(cc43)c5c68)c3ncccc3n7-c3ccc(N(c4ccccc4)c4ccccc4)cc3)cc2)cc1. The van der Waals surface area contributed by atoms with Crippen LogP contribution in [-0.4, -0.2) is 38.2 Å². The minimum Gasteiger partial charge on any atom is -0.311 e. The Labute approximate surface area is 827 Å². The highest BCUT2D eigenvalue weighted by Crippen LogP contribution is 2.53. The average molecular weight is 1840 g/mol. The molecule has 0 radical (unpaired) electrons. The van der Waals surface area contributed by atoms with Crippen molar-refractivity contribution in [3.05, 3.63) is 510 Å². The molecule has 0 aliphatic carbocycles. The molecule has 12 nitrogen and oxygen atoms in total. The van der Waals surface area contributed by atoms with Crippen molar-refractivity contribution in [3.63, 3.8) is 0 Å². The van der Waals surface area contributed by atoms with E-state index in [-0.39, 0.29) is 0 Å². The van der Waals surface area contributed by atoms with Gasteiger partial charge in [0.15, 0.2) is 0 Å². The van der Waals surface area contributed by atoms with Crippen LogP contribution in [0.3, 0.4) is 0 Å². The summed E-state index contributed by atoms with van der Waals surface area (Å²) < 4.78 is 9.57. The summed E-state index contributed by atoms with van der Waals surface area (Å²) in [6.45, 7) is 0. The third-order valence-corrected chi connectivity index (χ3v) is 29.2. The van der Waals surface area contributed by atoms with E-state index in [2.05, 4.69) is 523 Å².